The van der Waals surface area contributed by atoms with Gasteiger partial charge in [0.15, 0.2) is 0 Å². The van der Waals surface area contributed by atoms with Gasteiger partial charge in [-0.3, -0.25) is 4.79 Å². The van der Waals surface area contributed by atoms with E-state index in [1.165, 1.54) is 0 Å². The van der Waals surface area contributed by atoms with Gasteiger partial charge in [-0.15, -0.1) is 0 Å². The third-order valence-electron chi connectivity index (χ3n) is 3.85. The summed E-state index contributed by atoms with van der Waals surface area (Å²) < 4.78 is 5.14. The minimum absolute atomic E-state index is 0.00593. The second-order valence-electron chi connectivity index (χ2n) is 5.07. The van der Waals surface area contributed by atoms with Crippen LogP contribution in [0.15, 0.2) is 4.52 Å². The Morgan fingerprint density at radius 1 is 1.47 bits per heavy atom. The van der Waals surface area contributed by atoms with Gasteiger partial charge >= 0.3 is 0 Å². The molecule has 0 radical (unpaired) electrons. The second kappa shape index (κ2) is 6.19. The van der Waals surface area contributed by atoms with Crippen LogP contribution in [0.5, 0.6) is 0 Å². The largest absolute Gasteiger partial charge is 0.395 e. The first-order valence-electron chi connectivity index (χ1n) is 7.06. The van der Waals surface area contributed by atoms with Crippen molar-refractivity contribution in [1.29, 1.82) is 0 Å². The molecule has 0 saturated heterocycles. The van der Waals surface area contributed by atoms with E-state index in [1.54, 1.807) is 11.8 Å². The number of rotatable bonds is 5. The van der Waals surface area contributed by atoms with Crippen molar-refractivity contribution in [3.05, 3.63) is 17.0 Å². The van der Waals surface area contributed by atoms with E-state index >= 15 is 0 Å². The van der Waals surface area contributed by atoms with Crippen LogP contribution < -0.4 is 0 Å². The monoisotopic (exact) mass is 266 g/mol. The number of amides is 1. The standard InChI is InChI=1S/C14H22N2O3/c1-3-12-13(10(2)19-15-12)14(18)16(8-9-17)11-6-4-5-7-11/h11,17H,3-9H2,1-2H3. The summed E-state index contributed by atoms with van der Waals surface area (Å²) in [6.45, 7) is 4.11. The lowest BCUT2D eigenvalue weighted by atomic mass is 10.1. The molecule has 0 unspecified atom stereocenters. The minimum atomic E-state index is -0.0449. The van der Waals surface area contributed by atoms with Crippen molar-refractivity contribution in [3.8, 4) is 0 Å². The second-order valence-corrected chi connectivity index (χ2v) is 5.07. The molecule has 0 spiro atoms. The van der Waals surface area contributed by atoms with Crippen molar-refractivity contribution < 1.29 is 14.4 Å². The highest BCUT2D eigenvalue weighted by Crippen LogP contribution is 2.26. The van der Waals surface area contributed by atoms with E-state index in [2.05, 4.69) is 5.16 Å². The summed E-state index contributed by atoms with van der Waals surface area (Å²) in [4.78, 5) is 14.5. The fourth-order valence-electron chi connectivity index (χ4n) is 2.85. The number of hydrogen-bond donors (Lipinski definition) is 1. The molecule has 19 heavy (non-hydrogen) atoms. The van der Waals surface area contributed by atoms with E-state index in [-0.39, 0.29) is 18.6 Å². The number of aliphatic hydroxyl groups is 1. The molecule has 5 nitrogen and oxygen atoms in total. The topological polar surface area (TPSA) is 66.6 Å². The molecule has 1 aliphatic carbocycles. The molecule has 0 aliphatic heterocycles. The predicted octanol–water partition coefficient (Wildman–Crippen LogP) is 1.92. The summed E-state index contributed by atoms with van der Waals surface area (Å²) in [7, 11) is 0. The zero-order valence-corrected chi connectivity index (χ0v) is 11.7. The Morgan fingerprint density at radius 3 is 2.74 bits per heavy atom. The lowest BCUT2D eigenvalue weighted by Crippen LogP contribution is -2.41. The Balaban J connectivity index is 2.25. The molecule has 1 amide bonds. The quantitative estimate of drug-likeness (QED) is 0.884. The Hall–Kier alpha value is -1.36. The van der Waals surface area contributed by atoms with Gasteiger partial charge in [0.2, 0.25) is 0 Å². The molecule has 1 fully saturated rings. The van der Waals surface area contributed by atoms with Gasteiger partial charge in [0, 0.05) is 12.6 Å². The number of aliphatic hydroxyl groups excluding tert-OH is 1. The van der Waals surface area contributed by atoms with Crippen LogP contribution in [0, 0.1) is 6.92 Å². The van der Waals surface area contributed by atoms with E-state index in [0.29, 0.717) is 30.0 Å². The van der Waals surface area contributed by atoms with Gasteiger partial charge < -0.3 is 14.5 Å². The van der Waals surface area contributed by atoms with Gasteiger partial charge in [-0.2, -0.15) is 0 Å². The molecule has 5 heteroatoms. The van der Waals surface area contributed by atoms with Crippen molar-refractivity contribution >= 4 is 5.91 Å². The molecule has 1 aromatic rings. The minimum Gasteiger partial charge on any atom is -0.395 e. The van der Waals surface area contributed by atoms with Crippen molar-refractivity contribution in [1.82, 2.24) is 10.1 Å². The first-order chi connectivity index (χ1) is 9.19. The number of carbonyl (C=O) groups is 1. The zero-order chi connectivity index (χ0) is 13.8. The van der Waals surface area contributed by atoms with E-state index in [9.17, 15) is 9.90 Å². The van der Waals surface area contributed by atoms with Gasteiger partial charge in [0.05, 0.1) is 12.3 Å². The Labute approximate surface area is 113 Å². The Kier molecular flexibility index (Phi) is 4.58. The smallest absolute Gasteiger partial charge is 0.259 e. The molecule has 2 rings (SSSR count). The number of hydrogen-bond acceptors (Lipinski definition) is 4. The molecule has 1 aliphatic rings. The SMILES string of the molecule is CCc1noc(C)c1C(=O)N(CCO)C1CCCC1. The molecule has 1 aromatic heterocycles. The molecular formula is C14H22N2O3. The van der Waals surface area contributed by atoms with Crippen molar-refractivity contribution in [3.63, 3.8) is 0 Å². The third-order valence-corrected chi connectivity index (χ3v) is 3.85. The number of carbonyl (C=O) groups excluding carboxylic acids is 1. The van der Waals surface area contributed by atoms with Crippen LogP contribution in [0.1, 0.15) is 54.4 Å². The molecule has 1 saturated carbocycles. The van der Waals surface area contributed by atoms with Crippen LogP contribution >= 0.6 is 0 Å². The lowest BCUT2D eigenvalue weighted by molar-refractivity contribution is 0.0635. The number of nitrogens with zero attached hydrogens (tertiary/aromatic N) is 2. The van der Waals surface area contributed by atoms with E-state index in [1.807, 2.05) is 6.92 Å². The summed E-state index contributed by atoms with van der Waals surface area (Å²) in [6.07, 6.45) is 5.04. The number of aryl methyl sites for hydroxylation is 2. The summed E-state index contributed by atoms with van der Waals surface area (Å²) in [5.41, 5.74) is 1.30. The average molecular weight is 266 g/mol. The fourth-order valence-corrected chi connectivity index (χ4v) is 2.85. The normalized spacial score (nSPS) is 15.9. The molecule has 1 N–H and O–H groups in total. The third kappa shape index (κ3) is 2.81. The average Bonchev–Trinajstić information content (AvgIpc) is 3.04. The maximum Gasteiger partial charge on any atom is 0.259 e. The highest BCUT2D eigenvalue weighted by Gasteiger charge is 2.30. The Morgan fingerprint density at radius 2 is 2.16 bits per heavy atom. The highest BCUT2D eigenvalue weighted by atomic mass is 16.5. The van der Waals surface area contributed by atoms with Gasteiger partial charge in [-0.25, -0.2) is 0 Å². The van der Waals surface area contributed by atoms with Crippen LogP contribution in [0.2, 0.25) is 0 Å². The predicted molar refractivity (Wildman–Crippen MR) is 71.0 cm³/mol. The van der Waals surface area contributed by atoms with Crippen molar-refractivity contribution in [2.45, 2.75) is 52.0 Å². The van der Waals surface area contributed by atoms with E-state index in [4.69, 9.17) is 4.52 Å². The highest BCUT2D eigenvalue weighted by molar-refractivity contribution is 5.96. The van der Waals surface area contributed by atoms with Crippen LogP contribution in [0.25, 0.3) is 0 Å². The molecule has 1 heterocycles. The van der Waals surface area contributed by atoms with Crippen LogP contribution in [-0.4, -0.2) is 40.3 Å². The Bertz CT molecular complexity index is 436. The first kappa shape index (κ1) is 14.1. The lowest BCUT2D eigenvalue weighted by Gasteiger charge is -2.28. The van der Waals surface area contributed by atoms with Gasteiger partial charge in [-0.05, 0) is 26.2 Å². The van der Waals surface area contributed by atoms with Crippen LogP contribution in [0.3, 0.4) is 0 Å². The molecule has 0 bridgehead atoms. The van der Waals surface area contributed by atoms with Gasteiger partial charge in [-0.1, -0.05) is 24.9 Å². The maximum atomic E-state index is 12.7. The maximum absolute atomic E-state index is 12.7. The number of aromatic nitrogens is 1. The van der Waals surface area contributed by atoms with Crippen molar-refractivity contribution in [2.75, 3.05) is 13.2 Å². The van der Waals surface area contributed by atoms with Crippen molar-refractivity contribution in [2.24, 2.45) is 0 Å². The van der Waals surface area contributed by atoms with Gasteiger partial charge in [0.1, 0.15) is 11.3 Å². The summed E-state index contributed by atoms with van der Waals surface area (Å²) in [5, 5.41) is 13.1. The fraction of sp³-hybridized carbons (Fsp3) is 0.714. The summed E-state index contributed by atoms with van der Waals surface area (Å²) in [6, 6.07) is 0.249. The van der Waals surface area contributed by atoms with E-state index < -0.39 is 0 Å². The molecular weight excluding hydrogens is 244 g/mol. The first-order valence-corrected chi connectivity index (χ1v) is 7.06. The summed E-state index contributed by atoms with van der Waals surface area (Å²) >= 11 is 0. The van der Waals surface area contributed by atoms with E-state index in [0.717, 1.165) is 25.7 Å². The molecule has 0 aromatic carbocycles. The molecule has 106 valence electrons. The molecule has 0 atom stereocenters. The summed E-state index contributed by atoms with van der Waals surface area (Å²) in [5.74, 6) is 0.527. The van der Waals surface area contributed by atoms with Crippen LogP contribution in [0.4, 0.5) is 0 Å². The van der Waals surface area contributed by atoms with Gasteiger partial charge in [0.25, 0.3) is 5.91 Å². The van der Waals surface area contributed by atoms with Crippen LogP contribution in [-0.2, 0) is 6.42 Å². The zero-order valence-electron chi connectivity index (χ0n) is 11.7.